The summed E-state index contributed by atoms with van der Waals surface area (Å²) in [5.74, 6) is 0. The summed E-state index contributed by atoms with van der Waals surface area (Å²) in [6.07, 6.45) is 6.53. The summed E-state index contributed by atoms with van der Waals surface area (Å²) in [6.45, 7) is 2.04. The molecule has 9 heavy (non-hydrogen) atoms. The lowest BCUT2D eigenvalue weighted by Crippen LogP contribution is -2.34. The van der Waals surface area contributed by atoms with Crippen molar-refractivity contribution in [2.75, 3.05) is 13.1 Å². The van der Waals surface area contributed by atoms with Gasteiger partial charge in [0, 0.05) is 12.6 Å². The summed E-state index contributed by atoms with van der Waals surface area (Å²) in [5.41, 5.74) is 5.69. The highest BCUT2D eigenvalue weighted by molar-refractivity contribution is 4.88. The van der Waals surface area contributed by atoms with Crippen LogP contribution in [0, 0.1) is 0 Å². The average Bonchev–Trinajstić information content (AvgIpc) is 1.79. The monoisotopic (exact) mass is 126 g/mol. The van der Waals surface area contributed by atoms with Gasteiger partial charge in [-0.05, 0) is 19.4 Å². The van der Waals surface area contributed by atoms with E-state index in [1.807, 2.05) is 0 Å². The lowest BCUT2D eigenvalue weighted by atomic mass is 10.1. The van der Waals surface area contributed by atoms with Crippen molar-refractivity contribution in [3.05, 3.63) is 12.2 Å². The van der Waals surface area contributed by atoms with E-state index in [9.17, 15) is 0 Å². The third-order valence-electron chi connectivity index (χ3n) is 1.50. The van der Waals surface area contributed by atoms with Crippen molar-refractivity contribution in [1.29, 1.82) is 0 Å². The van der Waals surface area contributed by atoms with Crippen molar-refractivity contribution in [2.24, 2.45) is 5.73 Å². The van der Waals surface area contributed by atoms with Gasteiger partial charge in [0.1, 0.15) is 0 Å². The molecule has 0 aliphatic carbocycles. The molecule has 52 valence electrons. The minimum Gasteiger partial charge on any atom is -0.326 e. The lowest BCUT2D eigenvalue weighted by molar-refractivity contribution is 0.573. The topological polar surface area (TPSA) is 38.0 Å². The van der Waals surface area contributed by atoms with Crippen molar-refractivity contribution in [1.82, 2.24) is 5.32 Å². The van der Waals surface area contributed by atoms with Crippen LogP contribution >= 0.6 is 0 Å². The predicted molar refractivity (Wildman–Crippen MR) is 39.2 cm³/mol. The van der Waals surface area contributed by atoms with Gasteiger partial charge >= 0.3 is 0 Å². The molecule has 0 spiro atoms. The molecule has 0 saturated heterocycles. The van der Waals surface area contributed by atoms with E-state index in [0.717, 1.165) is 25.9 Å². The highest BCUT2D eigenvalue weighted by atomic mass is 14.9. The zero-order valence-corrected chi connectivity index (χ0v) is 5.64. The Kier molecular flexibility index (Phi) is 2.74. The number of nitrogens with two attached hydrogens (primary N) is 1. The van der Waals surface area contributed by atoms with Crippen LogP contribution in [0.4, 0.5) is 0 Å². The first kappa shape index (κ1) is 6.78. The molecule has 1 aliphatic heterocycles. The minimum absolute atomic E-state index is 0.321. The SMILES string of the molecule is NC1CC=CCCNC1. The molecular weight excluding hydrogens is 112 g/mol. The van der Waals surface area contributed by atoms with Crippen molar-refractivity contribution in [2.45, 2.75) is 18.9 Å². The van der Waals surface area contributed by atoms with Gasteiger partial charge < -0.3 is 11.1 Å². The molecule has 0 saturated carbocycles. The van der Waals surface area contributed by atoms with Crippen LogP contribution in [-0.2, 0) is 0 Å². The summed E-state index contributed by atoms with van der Waals surface area (Å²) >= 11 is 0. The van der Waals surface area contributed by atoms with Crippen LogP contribution in [0.25, 0.3) is 0 Å². The first-order chi connectivity index (χ1) is 4.39. The van der Waals surface area contributed by atoms with Gasteiger partial charge in [0.05, 0.1) is 0 Å². The third-order valence-corrected chi connectivity index (χ3v) is 1.50. The van der Waals surface area contributed by atoms with Gasteiger partial charge in [-0.2, -0.15) is 0 Å². The van der Waals surface area contributed by atoms with E-state index in [0.29, 0.717) is 6.04 Å². The maximum Gasteiger partial charge on any atom is 0.0200 e. The van der Waals surface area contributed by atoms with Crippen LogP contribution in [0.3, 0.4) is 0 Å². The van der Waals surface area contributed by atoms with E-state index >= 15 is 0 Å². The van der Waals surface area contributed by atoms with E-state index in [4.69, 9.17) is 5.73 Å². The number of hydrogen-bond acceptors (Lipinski definition) is 2. The molecule has 0 radical (unpaired) electrons. The quantitative estimate of drug-likeness (QED) is 0.457. The van der Waals surface area contributed by atoms with Gasteiger partial charge in [-0.1, -0.05) is 12.2 Å². The van der Waals surface area contributed by atoms with Crippen molar-refractivity contribution in [3.8, 4) is 0 Å². The smallest absolute Gasteiger partial charge is 0.0200 e. The first-order valence-electron chi connectivity index (χ1n) is 3.51. The van der Waals surface area contributed by atoms with Crippen LogP contribution in [0.15, 0.2) is 12.2 Å². The number of nitrogens with one attached hydrogen (secondary N) is 1. The summed E-state index contributed by atoms with van der Waals surface area (Å²) < 4.78 is 0. The Morgan fingerprint density at radius 1 is 1.44 bits per heavy atom. The van der Waals surface area contributed by atoms with Crippen molar-refractivity contribution in [3.63, 3.8) is 0 Å². The summed E-state index contributed by atoms with van der Waals surface area (Å²) in [6, 6.07) is 0.321. The Morgan fingerprint density at radius 3 is 3.22 bits per heavy atom. The van der Waals surface area contributed by atoms with Gasteiger partial charge in [-0.3, -0.25) is 0 Å². The van der Waals surface area contributed by atoms with Gasteiger partial charge in [0.15, 0.2) is 0 Å². The van der Waals surface area contributed by atoms with Gasteiger partial charge in [-0.25, -0.2) is 0 Å². The molecule has 3 N–H and O–H groups in total. The first-order valence-corrected chi connectivity index (χ1v) is 3.51. The molecule has 0 aromatic heterocycles. The van der Waals surface area contributed by atoms with Crippen LogP contribution in [-0.4, -0.2) is 19.1 Å². The third kappa shape index (κ3) is 2.63. The van der Waals surface area contributed by atoms with E-state index in [-0.39, 0.29) is 0 Å². The molecule has 1 unspecified atom stereocenters. The van der Waals surface area contributed by atoms with Crippen LogP contribution in [0.5, 0.6) is 0 Å². The maximum atomic E-state index is 5.69. The summed E-state index contributed by atoms with van der Waals surface area (Å²) in [4.78, 5) is 0. The molecule has 1 aliphatic rings. The number of hydrogen-bond donors (Lipinski definition) is 2. The van der Waals surface area contributed by atoms with Crippen molar-refractivity contribution < 1.29 is 0 Å². The Balaban J connectivity index is 2.28. The largest absolute Gasteiger partial charge is 0.326 e. The standard InChI is InChI=1S/C7H14N2/c8-7-4-2-1-3-5-9-6-7/h1-2,7,9H,3-6,8H2. The molecule has 0 fully saturated rings. The Hall–Kier alpha value is -0.340. The maximum absolute atomic E-state index is 5.69. The Morgan fingerprint density at radius 2 is 2.33 bits per heavy atom. The molecule has 0 aromatic rings. The number of rotatable bonds is 0. The normalized spacial score (nSPS) is 29.2. The van der Waals surface area contributed by atoms with Gasteiger partial charge in [0.2, 0.25) is 0 Å². The summed E-state index contributed by atoms with van der Waals surface area (Å²) in [5, 5.41) is 3.26. The van der Waals surface area contributed by atoms with Gasteiger partial charge in [0.25, 0.3) is 0 Å². The lowest BCUT2D eigenvalue weighted by Gasteiger charge is -2.11. The van der Waals surface area contributed by atoms with E-state index in [1.54, 1.807) is 0 Å². The predicted octanol–water partition coefficient (Wildman–Crippen LogP) is 0.253. The second-order valence-electron chi connectivity index (χ2n) is 2.46. The molecule has 1 atom stereocenters. The fraction of sp³-hybridized carbons (Fsp3) is 0.714. The second kappa shape index (κ2) is 3.64. The highest BCUT2D eigenvalue weighted by Crippen LogP contribution is 1.93. The zero-order valence-electron chi connectivity index (χ0n) is 5.64. The molecule has 1 heterocycles. The zero-order chi connectivity index (χ0) is 6.53. The second-order valence-corrected chi connectivity index (χ2v) is 2.46. The average molecular weight is 126 g/mol. The molecule has 0 bridgehead atoms. The fourth-order valence-electron chi connectivity index (χ4n) is 0.945. The van der Waals surface area contributed by atoms with Crippen LogP contribution in [0.2, 0.25) is 0 Å². The van der Waals surface area contributed by atoms with E-state index in [2.05, 4.69) is 17.5 Å². The molecule has 0 amide bonds. The van der Waals surface area contributed by atoms with Gasteiger partial charge in [-0.15, -0.1) is 0 Å². The fourth-order valence-corrected chi connectivity index (χ4v) is 0.945. The molecule has 1 rings (SSSR count). The molecule has 0 aromatic carbocycles. The van der Waals surface area contributed by atoms with E-state index < -0.39 is 0 Å². The minimum atomic E-state index is 0.321. The summed E-state index contributed by atoms with van der Waals surface area (Å²) in [7, 11) is 0. The Labute approximate surface area is 56.1 Å². The molecular formula is C7H14N2. The van der Waals surface area contributed by atoms with Crippen molar-refractivity contribution >= 4 is 0 Å². The van der Waals surface area contributed by atoms with E-state index in [1.165, 1.54) is 0 Å². The highest BCUT2D eigenvalue weighted by Gasteiger charge is 1.99. The molecule has 2 heteroatoms. The van der Waals surface area contributed by atoms with Crippen LogP contribution < -0.4 is 11.1 Å². The Bertz CT molecular complexity index is 99.1. The molecule has 2 nitrogen and oxygen atoms in total. The van der Waals surface area contributed by atoms with Crippen LogP contribution in [0.1, 0.15) is 12.8 Å².